The number of nitrogens with two attached hydrogens (primary N) is 1. The first-order valence-electron chi connectivity index (χ1n) is 6.92. The van der Waals surface area contributed by atoms with Gasteiger partial charge in [0, 0.05) is 18.7 Å². The molecule has 0 aromatic heterocycles. The average molecular weight is 284 g/mol. The van der Waals surface area contributed by atoms with Crippen LogP contribution in [0.3, 0.4) is 0 Å². The molecular formula is C17H20N2O2. The van der Waals surface area contributed by atoms with Crippen LogP contribution in [0.4, 0.5) is 5.69 Å². The van der Waals surface area contributed by atoms with Crippen LogP contribution in [0.15, 0.2) is 48.5 Å². The summed E-state index contributed by atoms with van der Waals surface area (Å²) in [5.41, 5.74) is 8.00. The molecule has 2 aromatic rings. The monoisotopic (exact) mass is 284 g/mol. The van der Waals surface area contributed by atoms with Crippen molar-refractivity contribution in [2.75, 3.05) is 19.4 Å². The van der Waals surface area contributed by atoms with Crippen LogP contribution in [0, 0.1) is 0 Å². The highest BCUT2D eigenvalue weighted by Gasteiger charge is 2.16. The number of benzene rings is 2. The number of nitrogens with zero attached hydrogens (tertiary/aromatic N) is 1. The first-order valence-corrected chi connectivity index (χ1v) is 6.92. The molecule has 2 aromatic carbocycles. The van der Waals surface area contributed by atoms with Crippen molar-refractivity contribution < 1.29 is 9.53 Å². The Morgan fingerprint density at radius 3 is 2.52 bits per heavy atom. The van der Waals surface area contributed by atoms with E-state index in [2.05, 4.69) is 0 Å². The van der Waals surface area contributed by atoms with Gasteiger partial charge in [-0.25, -0.2) is 0 Å². The minimum Gasteiger partial charge on any atom is -0.495 e. The van der Waals surface area contributed by atoms with Gasteiger partial charge in [-0.1, -0.05) is 30.3 Å². The quantitative estimate of drug-likeness (QED) is 0.859. The number of nitrogen functional groups attached to an aromatic ring is 1. The molecular weight excluding hydrogens is 264 g/mol. The summed E-state index contributed by atoms with van der Waals surface area (Å²) in [5, 5.41) is 0. The summed E-state index contributed by atoms with van der Waals surface area (Å²) in [6.07, 6.45) is 0. The van der Waals surface area contributed by atoms with Crippen molar-refractivity contribution >= 4 is 11.6 Å². The standard InChI is InChI=1S/C17H20N2O2/c1-3-19(12-13-7-5-4-6-8-13)17(20)14-9-10-15(18)16(11-14)21-2/h4-11H,3,12,18H2,1-2H3. The van der Waals surface area contributed by atoms with Crippen molar-refractivity contribution in [3.05, 3.63) is 59.7 Å². The predicted molar refractivity (Wildman–Crippen MR) is 84.3 cm³/mol. The van der Waals surface area contributed by atoms with Gasteiger partial charge in [-0.2, -0.15) is 0 Å². The number of amides is 1. The number of methoxy groups -OCH3 is 1. The third-order valence-electron chi connectivity index (χ3n) is 3.37. The lowest BCUT2D eigenvalue weighted by atomic mass is 10.1. The molecule has 0 bridgehead atoms. The van der Waals surface area contributed by atoms with Crippen LogP contribution in [-0.4, -0.2) is 24.5 Å². The summed E-state index contributed by atoms with van der Waals surface area (Å²) in [4.78, 5) is 14.4. The number of hydrogen-bond donors (Lipinski definition) is 1. The Hall–Kier alpha value is -2.49. The second kappa shape index (κ2) is 6.79. The van der Waals surface area contributed by atoms with Crippen molar-refractivity contribution in [3.8, 4) is 5.75 Å². The lowest BCUT2D eigenvalue weighted by molar-refractivity contribution is 0.0752. The van der Waals surface area contributed by atoms with Gasteiger partial charge in [-0.3, -0.25) is 4.79 Å². The summed E-state index contributed by atoms with van der Waals surface area (Å²) < 4.78 is 5.17. The van der Waals surface area contributed by atoms with Crippen molar-refractivity contribution in [2.45, 2.75) is 13.5 Å². The van der Waals surface area contributed by atoms with Gasteiger partial charge in [0.15, 0.2) is 0 Å². The third kappa shape index (κ3) is 3.54. The molecule has 4 heteroatoms. The molecule has 0 saturated heterocycles. The van der Waals surface area contributed by atoms with Crippen molar-refractivity contribution in [2.24, 2.45) is 0 Å². The second-order valence-corrected chi connectivity index (χ2v) is 4.76. The molecule has 0 saturated carbocycles. The maximum absolute atomic E-state index is 12.6. The lowest BCUT2D eigenvalue weighted by Gasteiger charge is -2.21. The van der Waals surface area contributed by atoms with Crippen LogP contribution >= 0.6 is 0 Å². The first-order chi connectivity index (χ1) is 10.2. The second-order valence-electron chi connectivity index (χ2n) is 4.76. The van der Waals surface area contributed by atoms with E-state index in [9.17, 15) is 4.79 Å². The summed E-state index contributed by atoms with van der Waals surface area (Å²) in [6, 6.07) is 15.0. The van der Waals surface area contributed by atoms with E-state index in [1.807, 2.05) is 37.3 Å². The number of anilines is 1. The summed E-state index contributed by atoms with van der Waals surface area (Å²) >= 11 is 0. The molecule has 0 aliphatic heterocycles. The van der Waals surface area contributed by atoms with Crippen LogP contribution in [0.25, 0.3) is 0 Å². The van der Waals surface area contributed by atoms with Crippen LogP contribution in [0.5, 0.6) is 5.75 Å². The fourth-order valence-electron chi connectivity index (χ4n) is 2.16. The van der Waals surface area contributed by atoms with E-state index < -0.39 is 0 Å². The fourth-order valence-corrected chi connectivity index (χ4v) is 2.16. The van der Waals surface area contributed by atoms with Gasteiger partial charge in [0.25, 0.3) is 5.91 Å². The normalized spacial score (nSPS) is 10.2. The Kier molecular flexibility index (Phi) is 4.82. The van der Waals surface area contributed by atoms with Crippen molar-refractivity contribution in [1.82, 2.24) is 4.90 Å². The zero-order chi connectivity index (χ0) is 15.2. The number of hydrogen-bond acceptors (Lipinski definition) is 3. The molecule has 0 radical (unpaired) electrons. The molecule has 0 aliphatic carbocycles. The van der Waals surface area contributed by atoms with Gasteiger partial charge in [-0.15, -0.1) is 0 Å². The van der Waals surface area contributed by atoms with Crippen LogP contribution in [0.1, 0.15) is 22.8 Å². The van der Waals surface area contributed by atoms with E-state index in [0.29, 0.717) is 30.1 Å². The zero-order valence-corrected chi connectivity index (χ0v) is 12.4. The van der Waals surface area contributed by atoms with Gasteiger partial charge >= 0.3 is 0 Å². The molecule has 2 rings (SSSR count). The Bertz CT molecular complexity index is 611. The SMILES string of the molecule is CCN(Cc1ccccc1)C(=O)c1ccc(N)c(OC)c1. The number of rotatable bonds is 5. The Morgan fingerprint density at radius 1 is 1.19 bits per heavy atom. The van der Waals surface area contributed by atoms with E-state index in [-0.39, 0.29) is 5.91 Å². The predicted octanol–water partition coefficient (Wildman–Crippen LogP) is 2.94. The molecule has 0 atom stereocenters. The van der Waals surface area contributed by atoms with E-state index in [1.54, 1.807) is 30.2 Å². The number of carbonyl (C=O) groups excluding carboxylic acids is 1. The summed E-state index contributed by atoms with van der Waals surface area (Å²) in [5.74, 6) is 0.497. The topological polar surface area (TPSA) is 55.6 Å². The molecule has 21 heavy (non-hydrogen) atoms. The molecule has 0 fully saturated rings. The molecule has 0 aliphatic rings. The van der Waals surface area contributed by atoms with E-state index in [4.69, 9.17) is 10.5 Å². The average Bonchev–Trinajstić information content (AvgIpc) is 2.53. The van der Waals surface area contributed by atoms with E-state index in [1.165, 1.54) is 0 Å². The minimum atomic E-state index is -0.0281. The minimum absolute atomic E-state index is 0.0281. The highest BCUT2D eigenvalue weighted by molar-refractivity contribution is 5.95. The van der Waals surface area contributed by atoms with Crippen LogP contribution < -0.4 is 10.5 Å². The fraction of sp³-hybridized carbons (Fsp3) is 0.235. The summed E-state index contributed by atoms with van der Waals surface area (Å²) in [7, 11) is 1.54. The summed E-state index contributed by atoms with van der Waals surface area (Å²) in [6.45, 7) is 3.19. The Balaban J connectivity index is 2.20. The molecule has 2 N–H and O–H groups in total. The van der Waals surface area contributed by atoms with Gasteiger partial charge < -0.3 is 15.4 Å². The first kappa shape index (κ1) is 14.9. The number of carbonyl (C=O) groups is 1. The molecule has 1 amide bonds. The van der Waals surface area contributed by atoms with Gasteiger partial charge in [0.1, 0.15) is 5.75 Å². The highest BCUT2D eigenvalue weighted by Crippen LogP contribution is 2.23. The Morgan fingerprint density at radius 2 is 1.90 bits per heavy atom. The smallest absolute Gasteiger partial charge is 0.254 e. The van der Waals surface area contributed by atoms with Gasteiger partial charge in [-0.05, 0) is 30.7 Å². The van der Waals surface area contributed by atoms with Crippen LogP contribution in [0.2, 0.25) is 0 Å². The van der Waals surface area contributed by atoms with Crippen LogP contribution in [-0.2, 0) is 6.54 Å². The maximum Gasteiger partial charge on any atom is 0.254 e. The molecule has 110 valence electrons. The highest BCUT2D eigenvalue weighted by atomic mass is 16.5. The largest absolute Gasteiger partial charge is 0.495 e. The Labute approximate surface area is 125 Å². The van der Waals surface area contributed by atoms with E-state index >= 15 is 0 Å². The molecule has 0 unspecified atom stereocenters. The van der Waals surface area contributed by atoms with Crippen molar-refractivity contribution in [3.63, 3.8) is 0 Å². The molecule has 4 nitrogen and oxygen atoms in total. The maximum atomic E-state index is 12.6. The molecule has 0 heterocycles. The molecule has 0 spiro atoms. The van der Waals surface area contributed by atoms with Gasteiger partial charge in [0.05, 0.1) is 12.8 Å². The zero-order valence-electron chi connectivity index (χ0n) is 12.4. The van der Waals surface area contributed by atoms with Crippen molar-refractivity contribution in [1.29, 1.82) is 0 Å². The number of ether oxygens (including phenoxy) is 1. The van der Waals surface area contributed by atoms with E-state index in [0.717, 1.165) is 5.56 Å². The lowest BCUT2D eigenvalue weighted by Crippen LogP contribution is -2.30. The van der Waals surface area contributed by atoms with Gasteiger partial charge in [0.2, 0.25) is 0 Å². The third-order valence-corrected chi connectivity index (χ3v) is 3.37.